The molecule has 0 rings (SSSR count). The van der Waals surface area contributed by atoms with Crippen molar-refractivity contribution in [1.82, 2.24) is 0 Å². The van der Waals surface area contributed by atoms with Crippen LogP contribution in [-0.4, -0.2) is 77.5 Å². The van der Waals surface area contributed by atoms with Gasteiger partial charge in [0.1, 0.15) is 0 Å². The zero-order valence-corrected chi connectivity index (χ0v) is 17.3. The van der Waals surface area contributed by atoms with E-state index in [-0.39, 0.29) is 12.8 Å². The Balaban J connectivity index is -0.0000000671. The maximum Gasteiger partial charge on any atom is 0.327 e. The van der Waals surface area contributed by atoms with Crippen molar-refractivity contribution in [1.29, 1.82) is 0 Å². The van der Waals surface area contributed by atoms with E-state index in [0.29, 0.717) is 0 Å². The molecule has 0 saturated heterocycles. The summed E-state index contributed by atoms with van der Waals surface area (Å²) in [6.45, 7) is 14.8. The molecule has 0 bridgehead atoms. The van der Waals surface area contributed by atoms with E-state index in [1.54, 1.807) is 0 Å². The van der Waals surface area contributed by atoms with Gasteiger partial charge in [-0.3, -0.25) is 9.59 Å². The fraction of sp³-hybridized carbons (Fsp3) is 0.105. The van der Waals surface area contributed by atoms with Crippen LogP contribution in [0.2, 0.25) is 0 Å². The van der Waals surface area contributed by atoms with Gasteiger partial charge in [-0.05, 0) is 0 Å². The molecule has 0 aliphatic carbocycles. The summed E-state index contributed by atoms with van der Waals surface area (Å²) in [5, 5.41) is 53.8. The highest BCUT2D eigenvalue weighted by atomic mass is 16.4. The Hall–Kier alpha value is -5.01. The molecule has 0 aliphatic rings. The molecule has 0 aliphatic heterocycles. The van der Waals surface area contributed by atoms with Gasteiger partial charge in [0, 0.05) is 30.4 Å². The predicted octanol–water partition coefficient (Wildman–Crippen LogP) is 1.22. The summed E-state index contributed by atoms with van der Waals surface area (Å²) in [7, 11) is 0. The lowest BCUT2D eigenvalue weighted by Crippen LogP contribution is -2.00. The molecule has 0 fully saturated rings. The van der Waals surface area contributed by atoms with Crippen LogP contribution in [0.4, 0.5) is 0 Å². The van der Waals surface area contributed by atoms with Crippen LogP contribution in [0.3, 0.4) is 0 Å². The van der Waals surface area contributed by atoms with Crippen LogP contribution in [-0.2, 0) is 33.6 Å². The summed E-state index contributed by atoms with van der Waals surface area (Å²) >= 11 is 0. The van der Waals surface area contributed by atoms with E-state index in [1.807, 2.05) is 0 Å². The average Bonchev–Trinajstić information content (AvgIpc) is 2.74. The summed E-state index contributed by atoms with van der Waals surface area (Å²) in [6.07, 6.45) is 3.57. The van der Waals surface area contributed by atoms with Crippen LogP contribution in [0, 0.1) is 0 Å². The van der Waals surface area contributed by atoms with Gasteiger partial charge in [0.2, 0.25) is 0 Å². The van der Waals surface area contributed by atoms with E-state index in [4.69, 9.17) is 35.7 Å². The largest absolute Gasteiger partial charge is 0.481 e. The smallest absolute Gasteiger partial charge is 0.327 e. The number of aliphatic carboxylic acids is 7. The van der Waals surface area contributed by atoms with Crippen molar-refractivity contribution in [3.63, 3.8) is 0 Å². The lowest BCUT2D eigenvalue weighted by molar-refractivity contribution is -0.143. The molecule has 0 heterocycles. The first-order valence-corrected chi connectivity index (χ1v) is 7.69. The highest BCUT2D eigenvalue weighted by molar-refractivity contribution is 5.80. The van der Waals surface area contributed by atoms with E-state index in [0.717, 1.165) is 30.4 Å². The first-order valence-electron chi connectivity index (χ1n) is 7.69. The quantitative estimate of drug-likeness (QED) is 0.242. The Bertz CT molecular complexity index is 570. The molecule has 0 spiro atoms. The first-order chi connectivity index (χ1) is 15.0. The monoisotopic (exact) mass is 478 g/mol. The van der Waals surface area contributed by atoms with Crippen molar-refractivity contribution in [2.45, 2.75) is 12.8 Å². The molecule has 14 nitrogen and oxygen atoms in total. The average molecular weight is 478 g/mol. The van der Waals surface area contributed by atoms with Crippen LogP contribution in [0.5, 0.6) is 0 Å². The minimum atomic E-state index is -1.08. The van der Waals surface area contributed by atoms with Crippen LogP contribution in [0.25, 0.3) is 0 Å². The minimum Gasteiger partial charge on any atom is -0.481 e. The second-order valence-corrected chi connectivity index (χ2v) is 4.00. The van der Waals surface area contributed by atoms with Gasteiger partial charge >= 0.3 is 41.8 Å². The zero-order valence-electron chi connectivity index (χ0n) is 17.3. The van der Waals surface area contributed by atoms with Gasteiger partial charge in [-0.15, -0.1) is 0 Å². The summed E-state index contributed by atoms with van der Waals surface area (Å²) in [5.41, 5.74) is 0. The summed E-state index contributed by atoms with van der Waals surface area (Å²) < 4.78 is 0. The van der Waals surface area contributed by atoms with Gasteiger partial charge < -0.3 is 35.7 Å². The molecular weight excluding hydrogens is 452 g/mol. The van der Waals surface area contributed by atoms with E-state index < -0.39 is 41.8 Å². The third-order valence-corrected chi connectivity index (χ3v) is 1.43. The first kappa shape index (κ1) is 42.2. The summed E-state index contributed by atoms with van der Waals surface area (Å²) in [5.74, 6) is -7.06. The van der Waals surface area contributed by atoms with Crippen molar-refractivity contribution in [3.05, 3.63) is 63.3 Å². The summed E-state index contributed by atoms with van der Waals surface area (Å²) in [6, 6.07) is 0. The fourth-order valence-electron chi connectivity index (χ4n) is 0.214. The van der Waals surface area contributed by atoms with E-state index in [2.05, 4.69) is 32.9 Å². The minimum absolute atomic E-state index is 0.296. The number of carboxylic acids is 7. The normalized spacial score (nSPS) is 6.91. The van der Waals surface area contributed by atoms with E-state index >= 15 is 0 Å². The Morgan fingerprint density at radius 2 is 0.485 bits per heavy atom. The molecule has 186 valence electrons. The van der Waals surface area contributed by atoms with E-state index in [9.17, 15) is 33.6 Å². The molecule has 0 amide bonds. The second kappa shape index (κ2) is 34.5. The number of carboxylic acid groups (broad SMARTS) is 7. The molecule has 0 atom stereocenters. The highest BCUT2D eigenvalue weighted by Crippen LogP contribution is 1.86. The van der Waals surface area contributed by atoms with Gasteiger partial charge in [0.25, 0.3) is 0 Å². The molecule has 14 heteroatoms. The maximum absolute atomic E-state index is 9.64. The van der Waals surface area contributed by atoms with Crippen LogP contribution < -0.4 is 0 Å². The predicted molar refractivity (Wildman–Crippen MR) is 114 cm³/mol. The number of carbonyl (C=O) groups is 7. The van der Waals surface area contributed by atoms with Crippen molar-refractivity contribution in [3.8, 4) is 0 Å². The molecule has 0 aromatic carbocycles. The molecule has 0 aromatic heterocycles. The molecule has 7 N–H and O–H groups in total. The topological polar surface area (TPSA) is 261 Å². The third kappa shape index (κ3) is 169. The third-order valence-electron chi connectivity index (χ3n) is 1.43. The van der Waals surface area contributed by atoms with Crippen LogP contribution in [0.1, 0.15) is 12.8 Å². The maximum atomic E-state index is 9.64. The number of rotatable bonds is 8. The lowest BCUT2D eigenvalue weighted by Gasteiger charge is -1.85. The fourth-order valence-corrected chi connectivity index (χ4v) is 0.214. The lowest BCUT2D eigenvalue weighted by atomic mass is 10.3. The molecule has 33 heavy (non-hydrogen) atoms. The standard InChI is InChI=1S/C4H6O4.5C3H4O2/c5-3(6)1-2-4(7)8;5*1-2-3(4)5/h1-2H2,(H,5,6)(H,7,8);5*2H,1H2,(H,4,5). The molecular formula is C19H26O14. The Kier molecular flexibility index (Phi) is 44.1. The molecule has 0 saturated carbocycles. The van der Waals surface area contributed by atoms with Crippen LogP contribution in [0.15, 0.2) is 63.3 Å². The zero-order chi connectivity index (χ0) is 28.0. The number of hydrogen-bond donors (Lipinski definition) is 7. The van der Waals surface area contributed by atoms with Gasteiger partial charge in [0.15, 0.2) is 0 Å². The van der Waals surface area contributed by atoms with Crippen molar-refractivity contribution in [2.24, 2.45) is 0 Å². The van der Waals surface area contributed by atoms with Gasteiger partial charge in [-0.1, -0.05) is 32.9 Å². The molecule has 0 radical (unpaired) electrons. The van der Waals surface area contributed by atoms with E-state index in [1.165, 1.54) is 0 Å². The Morgan fingerprint density at radius 3 is 0.515 bits per heavy atom. The van der Waals surface area contributed by atoms with Crippen LogP contribution >= 0.6 is 0 Å². The van der Waals surface area contributed by atoms with Gasteiger partial charge in [-0.2, -0.15) is 0 Å². The summed E-state index contributed by atoms with van der Waals surface area (Å²) in [4.78, 5) is 65.5. The van der Waals surface area contributed by atoms with Gasteiger partial charge in [0.05, 0.1) is 12.8 Å². The van der Waals surface area contributed by atoms with Crippen molar-refractivity contribution in [2.75, 3.05) is 0 Å². The molecule has 0 unspecified atom stereocenters. The SMILES string of the molecule is C=CC(=O)O.C=CC(=O)O.C=CC(=O)O.C=CC(=O)O.C=CC(=O)O.O=C(O)CCC(=O)O. The second-order valence-electron chi connectivity index (χ2n) is 4.00. The van der Waals surface area contributed by atoms with Crippen molar-refractivity contribution >= 4 is 41.8 Å². The molecule has 0 aromatic rings. The highest BCUT2D eigenvalue weighted by Gasteiger charge is 2.00. The number of hydrogen-bond acceptors (Lipinski definition) is 7. The van der Waals surface area contributed by atoms with Gasteiger partial charge in [-0.25, -0.2) is 24.0 Å². The Labute approximate surface area is 188 Å². The van der Waals surface area contributed by atoms with Crippen molar-refractivity contribution < 1.29 is 69.3 Å². The Morgan fingerprint density at radius 1 is 0.394 bits per heavy atom.